The molecule has 1 aromatic heterocycles. The van der Waals surface area contributed by atoms with E-state index in [1.54, 1.807) is 6.92 Å². The molecule has 1 aliphatic heterocycles. The third-order valence-corrected chi connectivity index (χ3v) is 3.32. The van der Waals surface area contributed by atoms with Gasteiger partial charge in [0.1, 0.15) is 6.54 Å². The molecule has 2 amide bonds. The van der Waals surface area contributed by atoms with E-state index in [0.29, 0.717) is 13.0 Å². The second-order valence-corrected chi connectivity index (χ2v) is 5.04. The molecular weight excluding hydrogens is 304 g/mol. The normalized spacial score (nSPS) is 16.5. The molecule has 9 nitrogen and oxygen atoms in total. The molecule has 0 aliphatic carbocycles. The molecule has 1 aromatic rings. The van der Waals surface area contributed by atoms with E-state index in [2.05, 4.69) is 10.3 Å². The molecule has 9 heteroatoms. The summed E-state index contributed by atoms with van der Waals surface area (Å²) in [5.41, 5.74) is 0. The molecule has 0 saturated heterocycles. The number of carbonyl (C=O) groups excluding carboxylic acids is 2. The Kier molecular flexibility index (Phi) is 5.09. The second kappa shape index (κ2) is 7.03. The van der Waals surface area contributed by atoms with Gasteiger partial charge in [-0.15, -0.1) is 0 Å². The number of nitro groups is 1. The molecule has 0 aromatic carbocycles. The van der Waals surface area contributed by atoms with E-state index in [0.717, 1.165) is 11.3 Å². The van der Waals surface area contributed by atoms with Crippen LogP contribution in [0.3, 0.4) is 0 Å². The molecule has 2 rings (SSSR count). The Labute approximate surface area is 132 Å². The summed E-state index contributed by atoms with van der Waals surface area (Å²) in [6.07, 6.45) is 0.452. The lowest BCUT2D eigenvalue weighted by molar-refractivity contribution is -0.389. The largest absolute Gasteiger partial charge is 0.474 e. The van der Waals surface area contributed by atoms with Crippen molar-refractivity contribution in [1.82, 2.24) is 10.3 Å². The molecule has 1 aliphatic rings. The molecule has 0 radical (unpaired) electrons. The first kappa shape index (κ1) is 16.7. The van der Waals surface area contributed by atoms with Gasteiger partial charge in [-0.1, -0.05) is 13.8 Å². The Bertz CT molecular complexity index is 634. The minimum atomic E-state index is -0.732. The Balaban J connectivity index is 2.34. The van der Waals surface area contributed by atoms with Gasteiger partial charge in [-0.25, -0.2) is 0 Å². The summed E-state index contributed by atoms with van der Waals surface area (Å²) in [6.45, 7) is 3.93. The van der Waals surface area contributed by atoms with Crippen LogP contribution < -0.4 is 15.0 Å². The van der Waals surface area contributed by atoms with Gasteiger partial charge in [-0.3, -0.25) is 14.5 Å². The molecule has 2 heterocycles. The Morgan fingerprint density at radius 3 is 2.83 bits per heavy atom. The Morgan fingerprint density at radius 1 is 1.48 bits per heavy atom. The minimum absolute atomic E-state index is 0.000508. The van der Waals surface area contributed by atoms with Gasteiger partial charge in [-0.05, 0) is 28.8 Å². The lowest BCUT2D eigenvalue weighted by Gasteiger charge is -2.30. The number of fused-ring (bicyclic) bond motifs is 1. The summed E-state index contributed by atoms with van der Waals surface area (Å²) in [7, 11) is 0. The van der Waals surface area contributed by atoms with Crippen LogP contribution in [-0.4, -0.2) is 40.9 Å². The maximum Gasteiger partial charge on any atom is 0.366 e. The summed E-state index contributed by atoms with van der Waals surface area (Å²) >= 11 is 0. The maximum absolute atomic E-state index is 12.4. The molecule has 0 spiro atoms. The quantitative estimate of drug-likeness (QED) is 0.617. The first-order valence-corrected chi connectivity index (χ1v) is 7.38. The molecule has 0 bridgehead atoms. The average molecular weight is 322 g/mol. The van der Waals surface area contributed by atoms with Crippen LogP contribution in [0.1, 0.15) is 26.7 Å². The standard InChI is InChI=1S/C14H18N4O5/c1-3-7-15-12(19)8-17-13-10(23-9(4-2)14(17)20)5-6-11(16-13)18(21)22/h5-6,9H,3-4,7-8H2,1-2H3,(H,15,19). The highest BCUT2D eigenvalue weighted by molar-refractivity contribution is 6.03. The van der Waals surface area contributed by atoms with Crippen molar-refractivity contribution in [2.45, 2.75) is 32.8 Å². The van der Waals surface area contributed by atoms with Gasteiger partial charge < -0.3 is 20.2 Å². The summed E-state index contributed by atoms with van der Waals surface area (Å²) in [5, 5.41) is 13.5. The summed E-state index contributed by atoms with van der Waals surface area (Å²) in [5.74, 6) is -0.934. The predicted octanol–water partition coefficient (Wildman–Crippen LogP) is 1.02. The Morgan fingerprint density at radius 2 is 2.22 bits per heavy atom. The van der Waals surface area contributed by atoms with Crippen LogP contribution in [-0.2, 0) is 9.59 Å². The van der Waals surface area contributed by atoms with Crippen LogP contribution in [0.15, 0.2) is 12.1 Å². The van der Waals surface area contributed by atoms with Crippen LogP contribution in [0.2, 0.25) is 0 Å². The number of anilines is 1. The number of nitrogens with one attached hydrogen (secondary N) is 1. The smallest absolute Gasteiger partial charge is 0.366 e. The van der Waals surface area contributed by atoms with Crippen molar-refractivity contribution in [3.8, 4) is 5.75 Å². The fourth-order valence-electron chi connectivity index (χ4n) is 2.17. The lowest BCUT2D eigenvalue weighted by Crippen LogP contribution is -2.50. The number of aromatic nitrogens is 1. The van der Waals surface area contributed by atoms with E-state index < -0.39 is 22.8 Å². The molecule has 1 atom stereocenters. The number of ether oxygens (including phenoxy) is 1. The Hall–Kier alpha value is -2.71. The number of hydrogen-bond acceptors (Lipinski definition) is 6. The molecule has 1 N–H and O–H groups in total. The minimum Gasteiger partial charge on any atom is -0.474 e. The maximum atomic E-state index is 12.4. The van der Waals surface area contributed by atoms with Crippen molar-refractivity contribution in [3.05, 3.63) is 22.2 Å². The molecular formula is C14H18N4O5. The van der Waals surface area contributed by atoms with Crippen molar-refractivity contribution in [2.75, 3.05) is 18.0 Å². The summed E-state index contributed by atoms with van der Waals surface area (Å²) < 4.78 is 5.51. The fourth-order valence-corrected chi connectivity index (χ4v) is 2.17. The molecule has 0 saturated carbocycles. The monoisotopic (exact) mass is 322 g/mol. The highest BCUT2D eigenvalue weighted by atomic mass is 16.6. The zero-order valence-corrected chi connectivity index (χ0v) is 12.9. The highest BCUT2D eigenvalue weighted by Crippen LogP contribution is 2.34. The van der Waals surface area contributed by atoms with Crippen LogP contribution in [0.4, 0.5) is 11.6 Å². The van der Waals surface area contributed by atoms with Crippen molar-refractivity contribution < 1.29 is 19.2 Å². The second-order valence-electron chi connectivity index (χ2n) is 5.04. The third kappa shape index (κ3) is 3.55. The van der Waals surface area contributed by atoms with E-state index in [1.807, 2.05) is 6.92 Å². The summed E-state index contributed by atoms with van der Waals surface area (Å²) in [6, 6.07) is 2.60. The molecule has 0 fully saturated rings. The van der Waals surface area contributed by atoms with Crippen molar-refractivity contribution in [2.24, 2.45) is 0 Å². The van der Waals surface area contributed by atoms with Crippen molar-refractivity contribution in [3.63, 3.8) is 0 Å². The number of hydrogen-bond donors (Lipinski definition) is 1. The van der Waals surface area contributed by atoms with Crippen LogP contribution in [0.25, 0.3) is 0 Å². The van der Waals surface area contributed by atoms with Gasteiger partial charge >= 0.3 is 5.82 Å². The SMILES string of the molecule is CCCNC(=O)CN1C(=O)C(CC)Oc2ccc([N+](=O)[O-])nc21. The lowest BCUT2D eigenvalue weighted by atomic mass is 10.2. The van der Waals surface area contributed by atoms with Gasteiger partial charge in [0.05, 0.1) is 0 Å². The predicted molar refractivity (Wildman–Crippen MR) is 81.3 cm³/mol. The van der Waals surface area contributed by atoms with E-state index >= 15 is 0 Å². The van der Waals surface area contributed by atoms with E-state index in [1.165, 1.54) is 12.1 Å². The van der Waals surface area contributed by atoms with Crippen molar-refractivity contribution in [1.29, 1.82) is 0 Å². The highest BCUT2D eigenvalue weighted by Gasteiger charge is 2.39. The fraction of sp³-hybridized carbons (Fsp3) is 0.500. The first-order valence-electron chi connectivity index (χ1n) is 7.38. The van der Waals surface area contributed by atoms with Gasteiger partial charge in [0.15, 0.2) is 11.9 Å². The van der Waals surface area contributed by atoms with Gasteiger partial charge in [0, 0.05) is 12.6 Å². The number of amides is 2. The zero-order chi connectivity index (χ0) is 17.0. The van der Waals surface area contributed by atoms with E-state index in [-0.39, 0.29) is 24.0 Å². The summed E-state index contributed by atoms with van der Waals surface area (Å²) in [4.78, 5) is 39.6. The number of rotatable bonds is 6. The first-order chi connectivity index (χ1) is 11.0. The van der Waals surface area contributed by atoms with E-state index in [9.17, 15) is 19.7 Å². The van der Waals surface area contributed by atoms with Gasteiger partial charge in [0.25, 0.3) is 11.7 Å². The van der Waals surface area contributed by atoms with Crippen LogP contribution in [0.5, 0.6) is 5.75 Å². The van der Waals surface area contributed by atoms with Crippen LogP contribution in [0, 0.1) is 10.1 Å². The number of pyridine rings is 1. The topological polar surface area (TPSA) is 115 Å². The van der Waals surface area contributed by atoms with Crippen molar-refractivity contribution >= 4 is 23.5 Å². The molecule has 23 heavy (non-hydrogen) atoms. The number of carbonyl (C=O) groups is 2. The average Bonchev–Trinajstić information content (AvgIpc) is 2.54. The number of nitrogens with zero attached hydrogens (tertiary/aromatic N) is 3. The van der Waals surface area contributed by atoms with Crippen LogP contribution >= 0.6 is 0 Å². The third-order valence-electron chi connectivity index (χ3n) is 3.32. The molecule has 124 valence electrons. The van der Waals surface area contributed by atoms with Gasteiger partial charge in [0.2, 0.25) is 5.91 Å². The van der Waals surface area contributed by atoms with Gasteiger partial charge in [-0.2, -0.15) is 0 Å². The zero-order valence-electron chi connectivity index (χ0n) is 12.9. The molecule has 1 unspecified atom stereocenters. The van der Waals surface area contributed by atoms with E-state index in [4.69, 9.17) is 4.74 Å².